The molecule has 0 N–H and O–H groups in total. The molecule has 0 fully saturated rings. The second kappa shape index (κ2) is 4.73. The second-order valence-corrected chi connectivity index (χ2v) is 7.34. The molecule has 16 heavy (non-hydrogen) atoms. The minimum atomic E-state index is -0.607. The zero-order valence-electron chi connectivity index (χ0n) is 10.1. The van der Waals surface area contributed by atoms with E-state index in [1.54, 1.807) is 0 Å². The Bertz CT molecular complexity index is 363. The zero-order chi connectivity index (χ0) is 12.4. The average Bonchev–Trinajstić information content (AvgIpc) is 2.16. The topological polar surface area (TPSA) is 26.3 Å². The fraction of sp³-hybridized carbons (Fsp3) is 0.462. The number of benzene rings is 1. The lowest BCUT2D eigenvalue weighted by atomic mass is 9.85. The van der Waals surface area contributed by atoms with Gasteiger partial charge in [-0.05, 0) is 55.8 Å². The SMILES string of the molecule is CC(C)(I)OC(=O)C(C)(C)c1ccccc1. The summed E-state index contributed by atoms with van der Waals surface area (Å²) < 4.78 is 4.93. The van der Waals surface area contributed by atoms with Gasteiger partial charge >= 0.3 is 5.97 Å². The first kappa shape index (κ1) is 13.5. The summed E-state index contributed by atoms with van der Waals surface area (Å²) >= 11 is 2.11. The van der Waals surface area contributed by atoms with E-state index in [1.165, 1.54) is 0 Å². The number of hydrogen-bond donors (Lipinski definition) is 0. The maximum atomic E-state index is 12.1. The highest BCUT2D eigenvalue weighted by atomic mass is 127. The molecule has 0 saturated heterocycles. The Balaban J connectivity index is 2.90. The lowest BCUT2D eigenvalue weighted by Crippen LogP contribution is -2.35. The number of carbonyl (C=O) groups excluding carboxylic acids is 1. The number of ether oxygens (including phenoxy) is 1. The molecule has 1 rings (SSSR count). The normalized spacial score (nSPS) is 12.3. The van der Waals surface area contributed by atoms with Crippen LogP contribution in [0.5, 0.6) is 0 Å². The van der Waals surface area contributed by atoms with Gasteiger partial charge in [0.2, 0.25) is 0 Å². The fourth-order valence-corrected chi connectivity index (χ4v) is 1.52. The van der Waals surface area contributed by atoms with Gasteiger partial charge in [0.1, 0.15) is 0 Å². The Morgan fingerprint density at radius 3 is 2.06 bits per heavy atom. The van der Waals surface area contributed by atoms with Crippen molar-refractivity contribution in [2.75, 3.05) is 0 Å². The molecule has 0 spiro atoms. The van der Waals surface area contributed by atoms with Gasteiger partial charge in [-0.1, -0.05) is 30.3 Å². The fourth-order valence-electron chi connectivity index (χ4n) is 1.32. The van der Waals surface area contributed by atoms with Crippen molar-refractivity contribution in [1.29, 1.82) is 0 Å². The summed E-state index contributed by atoms with van der Waals surface area (Å²) in [6.45, 7) is 7.50. The third kappa shape index (κ3) is 3.47. The first-order chi connectivity index (χ1) is 7.23. The molecule has 1 aromatic carbocycles. The summed E-state index contributed by atoms with van der Waals surface area (Å²) in [6.07, 6.45) is 0. The zero-order valence-corrected chi connectivity index (χ0v) is 12.2. The van der Waals surface area contributed by atoms with Crippen LogP contribution in [0.2, 0.25) is 0 Å². The Morgan fingerprint density at radius 1 is 1.12 bits per heavy atom. The maximum absolute atomic E-state index is 12.1. The van der Waals surface area contributed by atoms with Crippen LogP contribution < -0.4 is 0 Å². The maximum Gasteiger partial charge on any atom is 0.317 e. The molecule has 0 aliphatic heterocycles. The third-order valence-electron chi connectivity index (χ3n) is 2.34. The Hall–Kier alpha value is -0.580. The van der Waals surface area contributed by atoms with Gasteiger partial charge in [0.15, 0.2) is 3.61 Å². The molecule has 3 heteroatoms. The first-order valence-corrected chi connectivity index (χ1v) is 6.29. The van der Waals surface area contributed by atoms with Gasteiger partial charge in [-0.2, -0.15) is 0 Å². The van der Waals surface area contributed by atoms with E-state index in [1.807, 2.05) is 58.0 Å². The highest BCUT2D eigenvalue weighted by molar-refractivity contribution is 14.1. The average molecular weight is 332 g/mol. The number of halogens is 1. The van der Waals surface area contributed by atoms with Crippen molar-refractivity contribution in [3.63, 3.8) is 0 Å². The number of hydrogen-bond acceptors (Lipinski definition) is 2. The smallest absolute Gasteiger partial charge is 0.317 e. The Kier molecular flexibility index (Phi) is 3.99. The molecule has 0 aliphatic carbocycles. The van der Waals surface area contributed by atoms with Gasteiger partial charge in [0.05, 0.1) is 5.41 Å². The van der Waals surface area contributed by atoms with E-state index in [-0.39, 0.29) is 5.97 Å². The van der Waals surface area contributed by atoms with E-state index in [9.17, 15) is 4.79 Å². The molecule has 0 aromatic heterocycles. The second-order valence-electron chi connectivity index (χ2n) is 4.74. The third-order valence-corrected chi connectivity index (χ3v) is 2.56. The van der Waals surface area contributed by atoms with E-state index in [4.69, 9.17) is 4.74 Å². The predicted octanol–water partition coefficient (Wildman–Crippen LogP) is 3.68. The van der Waals surface area contributed by atoms with Gasteiger partial charge in [0.25, 0.3) is 0 Å². The predicted molar refractivity (Wildman–Crippen MR) is 73.7 cm³/mol. The summed E-state index contributed by atoms with van der Waals surface area (Å²) in [5, 5.41) is 0. The molecule has 0 atom stereocenters. The van der Waals surface area contributed by atoms with Crippen molar-refractivity contribution in [1.82, 2.24) is 0 Å². The van der Waals surface area contributed by atoms with Gasteiger partial charge < -0.3 is 4.74 Å². The lowest BCUT2D eigenvalue weighted by molar-refractivity contribution is -0.154. The molecule has 2 nitrogen and oxygen atoms in total. The van der Waals surface area contributed by atoms with Crippen LogP contribution in [-0.2, 0) is 14.9 Å². The summed E-state index contributed by atoms with van der Waals surface area (Å²) in [7, 11) is 0. The Labute approximate surface area is 111 Å². The summed E-state index contributed by atoms with van der Waals surface area (Å²) in [4.78, 5) is 12.1. The van der Waals surface area contributed by atoms with E-state index in [0.717, 1.165) is 5.56 Å². The van der Waals surface area contributed by atoms with Crippen LogP contribution in [0.1, 0.15) is 33.3 Å². The van der Waals surface area contributed by atoms with Crippen molar-refractivity contribution >= 4 is 28.6 Å². The minimum Gasteiger partial charge on any atom is -0.448 e. The lowest BCUT2D eigenvalue weighted by Gasteiger charge is -2.27. The monoisotopic (exact) mass is 332 g/mol. The first-order valence-electron chi connectivity index (χ1n) is 5.21. The molecule has 0 heterocycles. The van der Waals surface area contributed by atoms with Gasteiger partial charge in [-0.15, -0.1) is 0 Å². The number of esters is 1. The van der Waals surface area contributed by atoms with Gasteiger partial charge in [-0.3, -0.25) is 4.79 Å². The summed E-state index contributed by atoms with van der Waals surface area (Å²) in [5.74, 6) is -0.196. The molecule has 0 radical (unpaired) electrons. The highest BCUT2D eigenvalue weighted by Gasteiger charge is 2.34. The van der Waals surface area contributed by atoms with Gasteiger partial charge in [0, 0.05) is 0 Å². The molecule has 1 aromatic rings. The summed E-state index contributed by atoms with van der Waals surface area (Å²) in [6, 6.07) is 9.69. The van der Waals surface area contributed by atoms with E-state index < -0.39 is 9.02 Å². The number of rotatable bonds is 3. The van der Waals surface area contributed by atoms with Crippen LogP contribution in [0.15, 0.2) is 30.3 Å². The molecular formula is C13H17IO2. The van der Waals surface area contributed by atoms with Crippen LogP contribution in [0.25, 0.3) is 0 Å². The Morgan fingerprint density at radius 2 is 1.62 bits per heavy atom. The molecule has 0 aliphatic rings. The van der Waals surface area contributed by atoms with Crippen molar-refractivity contribution < 1.29 is 9.53 Å². The quantitative estimate of drug-likeness (QED) is 0.480. The summed E-state index contributed by atoms with van der Waals surface area (Å²) in [5.41, 5.74) is 0.365. The van der Waals surface area contributed by atoms with Crippen LogP contribution in [0.4, 0.5) is 0 Å². The van der Waals surface area contributed by atoms with Crippen molar-refractivity contribution in [3.8, 4) is 0 Å². The molecule has 0 saturated carbocycles. The van der Waals surface area contributed by atoms with Crippen LogP contribution in [0.3, 0.4) is 0 Å². The largest absolute Gasteiger partial charge is 0.448 e. The highest BCUT2D eigenvalue weighted by Crippen LogP contribution is 2.28. The van der Waals surface area contributed by atoms with Gasteiger partial charge in [-0.25, -0.2) is 0 Å². The van der Waals surface area contributed by atoms with E-state index in [2.05, 4.69) is 22.6 Å². The molecule has 0 amide bonds. The van der Waals surface area contributed by atoms with E-state index >= 15 is 0 Å². The molecule has 0 bridgehead atoms. The van der Waals surface area contributed by atoms with Crippen molar-refractivity contribution in [3.05, 3.63) is 35.9 Å². The minimum absolute atomic E-state index is 0.196. The standard InChI is InChI=1S/C13H17IO2/c1-12(2,10-8-6-5-7-9-10)11(15)16-13(3,4)14/h5-9H,1-4H3. The number of alkyl halides is 1. The van der Waals surface area contributed by atoms with Crippen LogP contribution in [0, 0.1) is 0 Å². The van der Waals surface area contributed by atoms with E-state index in [0.29, 0.717) is 0 Å². The van der Waals surface area contributed by atoms with Crippen molar-refractivity contribution in [2.45, 2.75) is 36.7 Å². The molecule has 88 valence electrons. The molecular weight excluding hydrogens is 315 g/mol. The van der Waals surface area contributed by atoms with Crippen LogP contribution in [-0.4, -0.2) is 9.58 Å². The number of carbonyl (C=O) groups is 1. The molecule has 0 unspecified atom stereocenters. The van der Waals surface area contributed by atoms with Crippen molar-refractivity contribution in [2.24, 2.45) is 0 Å². The van der Waals surface area contributed by atoms with Crippen LogP contribution >= 0.6 is 22.6 Å².